The van der Waals surface area contributed by atoms with Crippen LogP contribution in [0.2, 0.25) is 0 Å². The van der Waals surface area contributed by atoms with Gasteiger partial charge in [-0.3, -0.25) is 0 Å². The molecule has 0 aromatic heterocycles. The molecule has 1 saturated heterocycles. The van der Waals surface area contributed by atoms with Crippen molar-refractivity contribution in [3.63, 3.8) is 0 Å². The van der Waals surface area contributed by atoms with E-state index >= 15 is 0 Å². The summed E-state index contributed by atoms with van der Waals surface area (Å²) < 4.78 is 5.49. The summed E-state index contributed by atoms with van der Waals surface area (Å²) in [5.74, 6) is 0.519. The van der Waals surface area contributed by atoms with Crippen LogP contribution in [-0.2, 0) is 4.74 Å². The van der Waals surface area contributed by atoms with E-state index in [9.17, 15) is 4.79 Å². The first kappa shape index (κ1) is 15.3. The van der Waals surface area contributed by atoms with Crippen molar-refractivity contribution in [1.29, 1.82) is 0 Å². The number of carbonyl (C=O) groups is 1. The van der Waals surface area contributed by atoms with Gasteiger partial charge < -0.3 is 15.0 Å². The highest BCUT2D eigenvalue weighted by Crippen LogP contribution is 2.27. The SMILES string of the molecule is CCC(CNC)C1CCCN1C(=O)OC(C)(C)C. The van der Waals surface area contributed by atoms with Crippen LogP contribution in [0.5, 0.6) is 0 Å². The number of amides is 1. The standard InChI is InChI=1S/C14H28N2O2/c1-6-11(10-15-5)12-8-7-9-16(12)13(17)18-14(2,3)4/h11-12,15H,6-10H2,1-5H3. The minimum atomic E-state index is -0.408. The molecule has 2 atom stereocenters. The number of likely N-dealkylation sites (tertiary alicyclic amines) is 1. The molecule has 0 bridgehead atoms. The molecule has 4 nitrogen and oxygen atoms in total. The predicted molar refractivity (Wildman–Crippen MR) is 73.7 cm³/mol. The Kier molecular flexibility index (Phi) is 5.45. The Labute approximate surface area is 111 Å². The van der Waals surface area contributed by atoms with Crippen LogP contribution in [-0.4, -0.2) is 42.8 Å². The average molecular weight is 256 g/mol. The number of ether oxygens (including phenoxy) is 1. The summed E-state index contributed by atoms with van der Waals surface area (Å²) in [4.78, 5) is 14.1. The molecule has 0 aliphatic carbocycles. The second kappa shape index (κ2) is 6.41. The largest absolute Gasteiger partial charge is 0.444 e. The molecular formula is C14H28N2O2. The molecule has 0 aromatic carbocycles. The molecule has 1 rings (SSSR count). The maximum absolute atomic E-state index is 12.2. The lowest BCUT2D eigenvalue weighted by Crippen LogP contribution is -2.45. The van der Waals surface area contributed by atoms with Crippen LogP contribution in [0.1, 0.15) is 47.0 Å². The maximum atomic E-state index is 12.2. The van der Waals surface area contributed by atoms with Gasteiger partial charge in [-0.25, -0.2) is 4.79 Å². The van der Waals surface area contributed by atoms with Crippen molar-refractivity contribution in [1.82, 2.24) is 10.2 Å². The van der Waals surface area contributed by atoms with Crippen LogP contribution in [0.4, 0.5) is 4.79 Å². The van der Waals surface area contributed by atoms with E-state index in [2.05, 4.69) is 12.2 Å². The fourth-order valence-electron chi connectivity index (χ4n) is 2.64. The summed E-state index contributed by atoms with van der Waals surface area (Å²) in [6.07, 6.45) is 3.12. The lowest BCUT2D eigenvalue weighted by molar-refractivity contribution is 0.0175. The van der Waals surface area contributed by atoms with E-state index in [1.54, 1.807) is 0 Å². The van der Waals surface area contributed by atoms with Gasteiger partial charge in [0.2, 0.25) is 0 Å². The van der Waals surface area contributed by atoms with Gasteiger partial charge in [0.1, 0.15) is 5.60 Å². The molecule has 2 unspecified atom stereocenters. The molecule has 1 aliphatic rings. The molecule has 1 N–H and O–H groups in total. The third-order valence-corrected chi connectivity index (χ3v) is 3.46. The zero-order valence-electron chi connectivity index (χ0n) is 12.5. The van der Waals surface area contributed by atoms with E-state index in [1.807, 2.05) is 32.7 Å². The topological polar surface area (TPSA) is 41.6 Å². The maximum Gasteiger partial charge on any atom is 0.410 e. The number of carbonyl (C=O) groups excluding carboxylic acids is 1. The van der Waals surface area contributed by atoms with Crippen molar-refractivity contribution in [3.8, 4) is 0 Å². The van der Waals surface area contributed by atoms with Crippen molar-refractivity contribution in [2.45, 2.75) is 58.6 Å². The van der Waals surface area contributed by atoms with Gasteiger partial charge in [-0.15, -0.1) is 0 Å². The summed E-state index contributed by atoms with van der Waals surface area (Å²) in [7, 11) is 1.97. The molecule has 1 amide bonds. The van der Waals surface area contributed by atoms with Gasteiger partial charge in [-0.05, 0) is 53.1 Å². The third kappa shape index (κ3) is 4.16. The molecule has 4 heteroatoms. The van der Waals surface area contributed by atoms with E-state index in [0.29, 0.717) is 12.0 Å². The van der Waals surface area contributed by atoms with Crippen LogP contribution < -0.4 is 5.32 Å². The highest BCUT2D eigenvalue weighted by atomic mass is 16.6. The van der Waals surface area contributed by atoms with Gasteiger partial charge in [-0.2, -0.15) is 0 Å². The van der Waals surface area contributed by atoms with Crippen LogP contribution >= 0.6 is 0 Å². The lowest BCUT2D eigenvalue weighted by atomic mass is 9.95. The van der Waals surface area contributed by atoms with Gasteiger partial charge in [0.15, 0.2) is 0 Å². The summed E-state index contributed by atoms with van der Waals surface area (Å²) in [6, 6.07) is 0.331. The van der Waals surface area contributed by atoms with Crippen LogP contribution in [0.15, 0.2) is 0 Å². The number of nitrogens with one attached hydrogen (secondary N) is 1. The fraction of sp³-hybridized carbons (Fsp3) is 0.929. The monoisotopic (exact) mass is 256 g/mol. The summed E-state index contributed by atoms with van der Waals surface area (Å²) >= 11 is 0. The Morgan fingerprint density at radius 2 is 2.17 bits per heavy atom. The van der Waals surface area contributed by atoms with Crippen molar-refractivity contribution < 1.29 is 9.53 Å². The first-order valence-electron chi connectivity index (χ1n) is 7.03. The zero-order valence-corrected chi connectivity index (χ0v) is 12.5. The Balaban J connectivity index is 2.66. The van der Waals surface area contributed by atoms with Crippen molar-refractivity contribution in [3.05, 3.63) is 0 Å². The normalized spacial score (nSPS) is 22.1. The highest BCUT2D eigenvalue weighted by Gasteiger charge is 2.35. The van der Waals surface area contributed by atoms with Crippen LogP contribution in [0.3, 0.4) is 0 Å². The Bertz CT molecular complexity index is 273. The summed E-state index contributed by atoms with van der Waals surface area (Å²) in [5, 5.41) is 3.22. The minimum Gasteiger partial charge on any atom is -0.444 e. The Hall–Kier alpha value is -0.770. The van der Waals surface area contributed by atoms with Crippen LogP contribution in [0, 0.1) is 5.92 Å². The van der Waals surface area contributed by atoms with Crippen molar-refractivity contribution >= 4 is 6.09 Å². The van der Waals surface area contributed by atoms with E-state index in [4.69, 9.17) is 4.74 Å². The highest BCUT2D eigenvalue weighted by molar-refractivity contribution is 5.69. The predicted octanol–water partition coefficient (Wildman–Crippen LogP) is 2.63. The number of hydrogen-bond acceptors (Lipinski definition) is 3. The Morgan fingerprint density at radius 3 is 2.67 bits per heavy atom. The second-order valence-corrected chi connectivity index (χ2v) is 6.11. The van der Waals surface area contributed by atoms with Gasteiger partial charge in [0.25, 0.3) is 0 Å². The van der Waals surface area contributed by atoms with E-state index < -0.39 is 5.60 Å². The van der Waals surface area contributed by atoms with Gasteiger partial charge in [0, 0.05) is 12.6 Å². The number of rotatable bonds is 4. The second-order valence-electron chi connectivity index (χ2n) is 6.11. The molecule has 0 aromatic rings. The molecule has 1 heterocycles. The smallest absolute Gasteiger partial charge is 0.410 e. The lowest BCUT2D eigenvalue weighted by Gasteiger charge is -2.32. The third-order valence-electron chi connectivity index (χ3n) is 3.46. The van der Waals surface area contributed by atoms with Crippen molar-refractivity contribution in [2.75, 3.05) is 20.1 Å². The molecule has 18 heavy (non-hydrogen) atoms. The molecular weight excluding hydrogens is 228 g/mol. The van der Waals surface area contributed by atoms with Gasteiger partial charge in [-0.1, -0.05) is 13.3 Å². The quantitative estimate of drug-likeness (QED) is 0.840. The summed E-state index contributed by atoms with van der Waals surface area (Å²) in [5.41, 5.74) is -0.408. The number of nitrogens with zero attached hydrogens (tertiary/aromatic N) is 1. The minimum absolute atomic E-state index is 0.153. The zero-order chi connectivity index (χ0) is 13.8. The molecule has 1 fully saturated rings. The van der Waals surface area contributed by atoms with E-state index in [0.717, 1.165) is 32.4 Å². The average Bonchev–Trinajstić information content (AvgIpc) is 2.72. The molecule has 0 saturated carbocycles. The Morgan fingerprint density at radius 1 is 1.50 bits per heavy atom. The molecule has 106 valence electrons. The first-order valence-corrected chi connectivity index (χ1v) is 7.03. The van der Waals surface area contributed by atoms with E-state index in [1.165, 1.54) is 0 Å². The summed E-state index contributed by atoms with van der Waals surface area (Å²) in [6.45, 7) is 9.73. The first-order chi connectivity index (χ1) is 8.39. The van der Waals surface area contributed by atoms with Crippen LogP contribution in [0.25, 0.3) is 0 Å². The van der Waals surface area contributed by atoms with E-state index in [-0.39, 0.29) is 6.09 Å². The van der Waals surface area contributed by atoms with Gasteiger partial charge in [0.05, 0.1) is 0 Å². The fourth-order valence-corrected chi connectivity index (χ4v) is 2.64. The molecule has 1 aliphatic heterocycles. The molecule has 0 radical (unpaired) electrons. The van der Waals surface area contributed by atoms with Gasteiger partial charge >= 0.3 is 6.09 Å². The molecule has 0 spiro atoms. The van der Waals surface area contributed by atoms with Crippen molar-refractivity contribution in [2.24, 2.45) is 5.92 Å². The number of hydrogen-bond donors (Lipinski definition) is 1.